The number of nitrogens with zero attached hydrogens (tertiary/aromatic N) is 2. The van der Waals surface area contributed by atoms with Gasteiger partial charge in [-0.1, -0.05) is 0 Å². The third-order valence-electron chi connectivity index (χ3n) is 0.777. The molecule has 0 bridgehead atoms. The Bertz CT molecular complexity index is 125. The Kier molecular flexibility index (Phi) is 2.09. The highest BCUT2D eigenvalue weighted by atomic mass is 32.2. The van der Waals surface area contributed by atoms with Crippen LogP contribution >= 0.6 is 25.6 Å². The van der Waals surface area contributed by atoms with Crippen molar-refractivity contribution in [2.24, 2.45) is 0 Å². The number of carbonyl (C=O) groups excluding carboxylic acids is 1. The molecule has 1 heterocycles. The van der Waals surface area contributed by atoms with Crippen molar-refractivity contribution in [1.29, 1.82) is 0 Å². The van der Waals surface area contributed by atoms with Crippen LogP contribution < -0.4 is 0 Å². The van der Waals surface area contributed by atoms with Crippen LogP contribution in [0.15, 0.2) is 0 Å². The van der Waals surface area contributed by atoms with Crippen LogP contribution in [0.4, 0.5) is 4.79 Å². The first kappa shape index (κ1) is 7.04. The number of hydroxylamine groups is 2. The van der Waals surface area contributed by atoms with Gasteiger partial charge in [0.25, 0.3) is 0 Å². The first-order valence-electron chi connectivity index (χ1n) is 2.35. The predicted molar refractivity (Wildman–Crippen MR) is 37.9 cm³/mol. The van der Waals surface area contributed by atoms with Crippen LogP contribution in [0, 0.1) is 0 Å². The minimum Gasteiger partial charge on any atom is -0.350 e. The fourth-order valence-electron chi connectivity index (χ4n) is 0.279. The van der Waals surface area contributed by atoms with Gasteiger partial charge in [-0.2, -0.15) is 3.71 Å². The van der Waals surface area contributed by atoms with Crippen molar-refractivity contribution in [3.63, 3.8) is 0 Å². The van der Waals surface area contributed by atoms with Crippen LogP contribution in [-0.2, 0) is 4.84 Å². The van der Waals surface area contributed by atoms with E-state index in [1.54, 1.807) is 0 Å². The van der Waals surface area contributed by atoms with E-state index in [0.29, 0.717) is 0 Å². The Morgan fingerprint density at radius 3 is 2.44 bits per heavy atom. The average molecular weight is 166 g/mol. The molecule has 0 aromatic carbocycles. The molecular weight excluding hydrogens is 160 g/mol. The van der Waals surface area contributed by atoms with Crippen molar-refractivity contribution in [2.75, 3.05) is 13.1 Å². The average Bonchev–Trinajstić information content (AvgIpc) is 2.50. The molecule has 9 heavy (non-hydrogen) atoms. The SMILES string of the molecule is O=C(ON1CC1)N(S)S. The smallest absolute Gasteiger partial charge is 0.350 e. The molecule has 1 amide bonds. The summed E-state index contributed by atoms with van der Waals surface area (Å²) in [5.74, 6) is 0. The predicted octanol–water partition coefficient (Wildman–Crippen LogP) is 0.345. The number of rotatable bonds is 1. The molecule has 0 radical (unpaired) electrons. The van der Waals surface area contributed by atoms with Gasteiger partial charge in [0.2, 0.25) is 0 Å². The van der Waals surface area contributed by atoms with E-state index < -0.39 is 6.09 Å². The highest BCUT2D eigenvalue weighted by Gasteiger charge is 2.23. The van der Waals surface area contributed by atoms with E-state index in [0.717, 1.165) is 16.8 Å². The summed E-state index contributed by atoms with van der Waals surface area (Å²) < 4.78 is 0.790. The van der Waals surface area contributed by atoms with Gasteiger partial charge >= 0.3 is 6.09 Å². The van der Waals surface area contributed by atoms with Gasteiger partial charge in [-0.05, 0) is 25.6 Å². The Morgan fingerprint density at radius 2 is 2.11 bits per heavy atom. The van der Waals surface area contributed by atoms with Gasteiger partial charge < -0.3 is 4.84 Å². The normalized spacial score (nSPS) is 17.1. The monoisotopic (exact) mass is 166 g/mol. The highest BCUT2D eigenvalue weighted by Crippen LogP contribution is 2.08. The molecule has 0 spiro atoms. The van der Waals surface area contributed by atoms with Crippen LogP contribution in [0.1, 0.15) is 0 Å². The Hall–Kier alpha value is -0.0700. The maximum Gasteiger partial charge on any atom is 0.449 e. The molecule has 0 aromatic heterocycles. The fraction of sp³-hybridized carbons (Fsp3) is 0.667. The van der Waals surface area contributed by atoms with Gasteiger partial charge in [-0.25, -0.2) is 4.79 Å². The van der Waals surface area contributed by atoms with Gasteiger partial charge in [0, 0.05) is 0 Å². The summed E-state index contributed by atoms with van der Waals surface area (Å²) in [6, 6.07) is 0. The number of hydrogen-bond acceptors (Lipinski definition) is 5. The van der Waals surface area contributed by atoms with Crippen molar-refractivity contribution in [3.05, 3.63) is 0 Å². The quantitative estimate of drug-likeness (QED) is 0.435. The zero-order valence-corrected chi connectivity index (χ0v) is 6.31. The summed E-state index contributed by atoms with van der Waals surface area (Å²) in [4.78, 5) is 15.1. The molecule has 0 N–H and O–H groups in total. The first-order chi connectivity index (χ1) is 4.20. The molecule has 1 rings (SSSR count). The number of thiol groups is 2. The molecule has 0 unspecified atom stereocenters. The molecule has 1 fully saturated rings. The van der Waals surface area contributed by atoms with Gasteiger partial charge in [0.15, 0.2) is 0 Å². The molecule has 4 nitrogen and oxygen atoms in total. The summed E-state index contributed by atoms with van der Waals surface area (Å²) in [6.07, 6.45) is -0.570. The second kappa shape index (κ2) is 2.68. The van der Waals surface area contributed by atoms with E-state index in [-0.39, 0.29) is 0 Å². The van der Waals surface area contributed by atoms with E-state index in [9.17, 15) is 4.79 Å². The molecule has 0 aromatic rings. The summed E-state index contributed by atoms with van der Waals surface area (Å²) in [6.45, 7) is 1.61. The fourth-order valence-corrected chi connectivity index (χ4v) is 0.352. The third-order valence-corrected chi connectivity index (χ3v) is 1.10. The van der Waals surface area contributed by atoms with E-state index in [1.807, 2.05) is 0 Å². The lowest BCUT2D eigenvalue weighted by Crippen LogP contribution is -2.16. The Labute approximate surface area is 63.8 Å². The molecule has 52 valence electrons. The van der Waals surface area contributed by atoms with E-state index in [2.05, 4.69) is 30.5 Å². The lowest BCUT2D eigenvalue weighted by molar-refractivity contribution is -0.00110. The first-order valence-corrected chi connectivity index (χ1v) is 3.15. The lowest BCUT2D eigenvalue weighted by atomic mass is 11.0. The van der Waals surface area contributed by atoms with Crippen molar-refractivity contribution >= 4 is 31.7 Å². The molecule has 1 aliphatic rings. The van der Waals surface area contributed by atoms with Crippen LogP contribution in [0.25, 0.3) is 0 Å². The molecule has 0 atom stereocenters. The number of carbonyl (C=O) groups is 1. The van der Waals surface area contributed by atoms with Crippen LogP contribution in [0.2, 0.25) is 0 Å². The molecule has 0 aliphatic carbocycles. The van der Waals surface area contributed by atoms with Crippen molar-refractivity contribution in [3.8, 4) is 0 Å². The standard InChI is InChI=1S/C3H6N2O2S2/c6-3(5(8)9)7-4-1-2-4/h8-9H,1-2H2. The largest absolute Gasteiger partial charge is 0.449 e. The van der Waals surface area contributed by atoms with Gasteiger partial charge in [0.05, 0.1) is 13.1 Å². The Balaban J connectivity index is 2.17. The van der Waals surface area contributed by atoms with Gasteiger partial charge in [0.1, 0.15) is 0 Å². The maximum atomic E-state index is 10.5. The molecule has 1 saturated heterocycles. The zero-order chi connectivity index (χ0) is 6.85. The maximum absolute atomic E-state index is 10.5. The minimum atomic E-state index is -0.570. The van der Waals surface area contributed by atoms with Crippen LogP contribution in [0.3, 0.4) is 0 Å². The van der Waals surface area contributed by atoms with Gasteiger partial charge in [-0.3, -0.25) is 0 Å². The van der Waals surface area contributed by atoms with Crippen LogP contribution in [0.5, 0.6) is 0 Å². The summed E-state index contributed by atoms with van der Waals surface area (Å²) in [7, 11) is 0. The lowest BCUT2D eigenvalue weighted by Gasteiger charge is -2.06. The van der Waals surface area contributed by atoms with Gasteiger partial charge in [-0.15, -0.1) is 5.06 Å². The highest BCUT2D eigenvalue weighted by molar-refractivity contribution is 7.94. The molecule has 6 heteroatoms. The second-order valence-corrected chi connectivity index (χ2v) is 2.69. The third kappa shape index (κ3) is 2.33. The number of amides is 1. The molecular formula is C3H6N2O2S2. The topological polar surface area (TPSA) is 32.6 Å². The Morgan fingerprint density at radius 1 is 1.56 bits per heavy atom. The molecule has 0 saturated carbocycles. The van der Waals surface area contributed by atoms with Crippen molar-refractivity contribution in [1.82, 2.24) is 8.77 Å². The summed E-state index contributed by atoms with van der Waals surface area (Å²) in [5.41, 5.74) is 0. The summed E-state index contributed by atoms with van der Waals surface area (Å²) >= 11 is 7.18. The zero-order valence-electron chi connectivity index (χ0n) is 4.52. The van der Waals surface area contributed by atoms with Crippen LogP contribution in [-0.4, -0.2) is 28.0 Å². The van der Waals surface area contributed by atoms with E-state index >= 15 is 0 Å². The van der Waals surface area contributed by atoms with Crippen molar-refractivity contribution < 1.29 is 9.63 Å². The van der Waals surface area contributed by atoms with E-state index in [4.69, 9.17) is 0 Å². The molecule has 1 aliphatic heterocycles. The number of hydrogen-bond donors (Lipinski definition) is 2. The minimum absolute atomic E-state index is 0.570. The summed E-state index contributed by atoms with van der Waals surface area (Å²) in [5, 5.41) is 1.50. The second-order valence-electron chi connectivity index (χ2n) is 1.58. The van der Waals surface area contributed by atoms with Crippen molar-refractivity contribution in [2.45, 2.75) is 0 Å². The van der Waals surface area contributed by atoms with E-state index in [1.165, 1.54) is 5.06 Å².